The van der Waals surface area contributed by atoms with Gasteiger partial charge in [0, 0.05) is 22.8 Å². The maximum atomic E-state index is 11.9. The van der Waals surface area contributed by atoms with Crippen molar-refractivity contribution in [2.45, 2.75) is 52.9 Å². The minimum Gasteiger partial charge on any atom is -0.481 e. The molecular formula is C17H24BrNO2. The highest BCUT2D eigenvalue weighted by molar-refractivity contribution is 9.10. The van der Waals surface area contributed by atoms with Gasteiger partial charge in [0.15, 0.2) is 0 Å². The van der Waals surface area contributed by atoms with E-state index >= 15 is 0 Å². The van der Waals surface area contributed by atoms with Crippen LogP contribution in [0.1, 0.15) is 52.1 Å². The number of pyridine rings is 1. The fourth-order valence-corrected chi connectivity index (χ4v) is 3.59. The highest BCUT2D eigenvalue weighted by Crippen LogP contribution is 2.46. The van der Waals surface area contributed by atoms with Crippen LogP contribution in [0.2, 0.25) is 0 Å². The van der Waals surface area contributed by atoms with E-state index in [4.69, 9.17) is 0 Å². The zero-order valence-electron chi connectivity index (χ0n) is 13.0. The molecule has 4 heteroatoms. The van der Waals surface area contributed by atoms with Crippen LogP contribution in [-0.4, -0.2) is 16.1 Å². The molecule has 0 spiro atoms. The summed E-state index contributed by atoms with van der Waals surface area (Å²) in [6, 6.07) is 3.85. The Morgan fingerprint density at radius 2 is 2.00 bits per heavy atom. The molecule has 0 amide bonds. The summed E-state index contributed by atoms with van der Waals surface area (Å²) in [5.41, 5.74) is 0.498. The summed E-state index contributed by atoms with van der Waals surface area (Å²) >= 11 is 3.36. The van der Waals surface area contributed by atoms with Gasteiger partial charge in [-0.2, -0.15) is 0 Å². The Balaban J connectivity index is 2.13. The van der Waals surface area contributed by atoms with Crippen LogP contribution in [0.15, 0.2) is 22.8 Å². The number of carbonyl (C=O) groups is 1. The first kappa shape index (κ1) is 16.5. The molecule has 1 aliphatic rings. The Bertz CT molecular complexity index is 497. The number of hydrogen-bond acceptors (Lipinski definition) is 2. The fourth-order valence-electron chi connectivity index (χ4n) is 3.36. The molecule has 1 aromatic heterocycles. The quantitative estimate of drug-likeness (QED) is 0.856. The van der Waals surface area contributed by atoms with Gasteiger partial charge in [-0.1, -0.05) is 20.8 Å². The number of nitrogens with zero attached hydrogens (tertiary/aromatic N) is 1. The monoisotopic (exact) mass is 353 g/mol. The van der Waals surface area contributed by atoms with Gasteiger partial charge in [0.25, 0.3) is 0 Å². The zero-order chi connectivity index (χ0) is 15.7. The van der Waals surface area contributed by atoms with Gasteiger partial charge in [-0.05, 0) is 65.1 Å². The van der Waals surface area contributed by atoms with Crippen LogP contribution in [-0.2, 0) is 11.2 Å². The van der Waals surface area contributed by atoms with E-state index in [0.29, 0.717) is 12.3 Å². The van der Waals surface area contributed by atoms with Crippen molar-refractivity contribution in [2.24, 2.45) is 16.7 Å². The second-order valence-corrected chi connectivity index (χ2v) is 8.29. The molecule has 0 bridgehead atoms. The maximum Gasteiger partial charge on any atom is 0.310 e. The van der Waals surface area contributed by atoms with Crippen molar-refractivity contribution in [2.75, 3.05) is 0 Å². The summed E-state index contributed by atoms with van der Waals surface area (Å²) in [5.74, 6) is -0.0533. The van der Waals surface area contributed by atoms with Crippen LogP contribution >= 0.6 is 15.9 Å². The van der Waals surface area contributed by atoms with Crippen LogP contribution in [0.25, 0.3) is 0 Å². The number of hydrogen-bond donors (Lipinski definition) is 1. The first-order chi connectivity index (χ1) is 9.73. The van der Waals surface area contributed by atoms with Gasteiger partial charge in [-0.3, -0.25) is 9.78 Å². The first-order valence-electron chi connectivity index (χ1n) is 7.57. The molecule has 1 heterocycles. The number of aromatic nitrogens is 1. The fraction of sp³-hybridized carbons (Fsp3) is 0.647. The second-order valence-electron chi connectivity index (χ2n) is 7.37. The lowest BCUT2D eigenvalue weighted by Crippen LogP contribution is -2.40. The molecule has 0 aliphatic heterocycles. The Morgan fingerprint density at radius 3 is 2.43 bits per heavy atom. The van der Waals surface area contributed by atoms with Gasteiger partial charge in [-0.15, -0.1) is 0 Å². The smallest absolute Gasteiger partial charge is 0.310 e. The van der Waals surface area contributed by atoms with E-state index in [1.54, 1.807) is 6.20 Å². The third kappa shape index (κ3) is 3.85. The minimum absolute atomic E-state index is 0.264. The standard InChI is InChI=1S/C17H24BrNO2/c1-16(2,3)12-6-8-17(9-7-12,15(20)21)10-14-5-4-13(18)11-19-14/h4-5,11-12H,6-10H2,1-3H3,(H,20,21). The molecule has 0 atom stereocenters. The molecule has 1 N–H and O–H groups in total. The Labute approximate surface area is 135 Å². The molecule has 3 nitrogen and oxygen atoms in total. The van der Waals surface area contributed by atoms with E-state index in [2.05, 4.69) is 41.7 Å². The Kier molecular flexibility index (Phi) is 4.76. The predicted molar refractivity (Wildman–Crippen MR) is 87.1 cm³/mol. The molecule has 1 aromatic rings. The predicted octanol–water partition coefficient (Wildman–Crippen LogP) is 4.69. The van der Waals surface area contributed by atoms with Crippen molar-refractivity contribution in [1.82, 2.24) is 4.98 Å². The van der Waals surface area contributed by atoms with Crippen molar-refractivity contribution in [3.8, 4) is 0 Å². The van der Waals surface area contributed by atoms with Crippen LogP contribution in [0.3, 0.4) is 0 Å². The van der Waals surface area contributed by atoms with E-state index in [0.717, 1.165) is 35.8 Å². The number of carboxylic acids is 1. The summed E-state index contributed by atoms with van der Waals surface area (Å²) in [6.45, 7) is 6.76. The topological polar surface area (TPSA) is 50.2 Å². The van der Waals surface area contributed by atoms with E-state index in [1.165, 1.54) is 0 Å². The molecule has 0 saturated heterocycles. The van der Waals surface area contributed by atoms with Crippen LogP contribution in [0, 0.1) is 16.7 Å². The number of halogens is 1. The summed E-state index contributed by atoms with van der Waals surface area (Å²) < 4.78 is 0.923. The van der Waals surface area contributed by atoms with Gasteiger partial charge in [0.05, 0.1) is 5.41 Å². The van der Waals surface area contributed by atoms with E-state index in [1.807, 2.05) is 12.1 Å². The number of carboxylic acid groups (broad SMARTS) is 1. The lowest BCUT2D eigenvalue weighted by molar-refractivity contribution is -0.152. The van der Waals surface area contributed by atoms with Crippen molar-refractivity contribution in [3.63, 3.8) is 0 Å². The summed E-state index contributed by atoms with van der Waals surface area (Å²) in [5, 5.41) is 9.76. The molecule has 1 fully saturated rings. The van der Waals surface area contributed by atoms with E-state index in [9.17, 15) is 9.90 Å². The Hall–Kier alpha value is -0.900. The van der Waals surface area contributed by atoms with Gasteiger partial charge in [0.2, 0.25) is 0 Å². The van der Waals surface area contributed by atoms with Gasteiger partial charge < -0.3 is 5.11 Å². The highest BCUT2D eigenvalue weighted by Gasteiger charge is 2.44. The molecule has 116 valence electrons. The Morgan fingerprint density at radius 1 is 1.38 bits per heavy atom. The number of aliphatic carboxylic acids is 1. The summed E-state index contributed by atoms with van der Waals surface area (Å²) in [7, 11) is 0. The van der Waals surface area contributed by atoms with Gasteiger partial charge in [-0.25, -0.2) is 0 Å². The third-order valence-electron chi connectivity index (χ3n) is 4.93. The van der Waals surface area contributed by atoms with Gasteiger partial charge >= 0.3 is 5.97 Å². The van der Waals surface area contributed by atoms with Crippen LogP contribution in [0.4, 0.5) is 0 Å². The SMILES string of the molecule is CC(C)(C)C1CCC(Cc2ccc(Br)cn2)(C(=O)O)CC1. The zero-order valence-corrected chi connectivity index (χ0v) is 14.6. The van der Waals surface area contributed by atoms with Crippen LogP contribution in [0.5, 0.6) is 0 Å². The lowest BCUT2D eigenvalue weighted by atomic mass is 9.62. The molecule has 2 rings (SSSR count). The second kappa shape index (κ2) is 6.07. The van der Waals surface area contributed by atoms with E-state index < -0.39 is 11.4 Å². The maximum absolute atomic E-state index is 11.9. The molecule has 21 heavy (non-hydrogen) atoms. The van der Waals surface area contributed by atoms with Gasteiger partial charge in [0.1, 0.15) is 0 Å². The minimum atomic E-state index is -0.667. The van der Waals surface area contributed by atoms with Crippen molar-refractivity contribution < 1.29 is 9.90 Å². The average molecular weight is 354 g/mol. The molecule has 0 unspecified atom stereocenters. The lowest BCUT2D eigenvalue weighted by Gasteiger charge is -2.41. The van der Waals surface area contributed by atoms with E-state index in [-0.39, 0.29) is 5.41 Å². The largest absolute Gasteiger partial charge is 0.481 e. The molecule has 0 radical (unpaired) electrons. The summed E-state index contributed by atoms with van der Waals surface area (Å²) in [6.07, 6.45) is 5.76. The number of rotatable bonds is 3. The highest BCUT2D eigenvalue weighted by atomic mass is 79.9. The third-order valence-corrected chi connectivity index (χ3v) is 5.40. The first-order valence-corrected chi connectivity index (χ1v) is 8.36. The van der Waals surface area contributed by atoms with Crippen molar-refractivity contribution in [1.29, 1.82) is 0 Å². The van der Waals surface area contributed by atoms with Crippen molar-refractivity contribution >= 4 is 21.9 Å². The normalized spacial score (nSPS) is 26.6. The molecular weight excluding hydrogens is 330 g/mol. The van der Waals surface area contributed by atoms with Crippen LogP contribution < -0.4 is 0 Å². The molecule has 1 saturated carbocycles. The molecule has 0 aromatic carbocycles. The average Bonchev–Trinajstić information content (AvgIpc) is 2.41. The summed E-state index contributed by atoms with van der Waals surface area (Å²) in [4.78, 5) is 16.2. The van der Waals surface area contributed by atoms with Crippen molar-refractivity contribution in [3.05, 3.63) is 28.5 Å². The molecule has 1 aliphatic carbocycles.